The molecule has 10 heteroatoms. The van der Waals surface area contributed by atoms with Gasteiger partial charge in [0.1, 0.15) is 23.6 Å². The van der Waals surface area contributed by atoms with Gasteiger partial charge in [0.2, 0.25) is 5.88 Å². The molecule has 0 unspecified atom stereocenters. The molecule has 6 rings (SSSR count). The number of benzene rings is 2. The summed E-state index contributed by atoms with van der Waals surface area (Å²) in [7, 11) is 0. The zero-order valence-corrected chi connectivity index (χ0v) is 21.0. The number of ether oxygens (including phenoxy) is 1. The Kier molecular flexibility index (Phi) is 7.03. The van der Waals surface area contributed by atoms with Crippen molar-refractivity contribution in [3.63, 3.8) is 0 Å². The van der Waals surface area contributed by atoms with E-state index in [0.29, 0.717) is 17.7 Å². The lowest BCUT2D eigenvalue weighted by Gasteiger charge is -2.22. The molecule has 1 saturated carbocycles. The number of carbonyl (C=O) groups is 1. The van der Waals surface area contributed by atoms with Crippen molar-refractivity contribution in [1.29, 1.82) is 0 Å². The van der Waals surface area contributed by atoms with E-state index in [-0.39, 0.29) is 0 Å². The average Bonchev–Trinajstić information content (AvgIpc) is 3.30. The van der Waals surface area contributed by atoms with Crippen LogP contribution in [0.4, 0.5) is 10.6 Å². The van der Waals surface area contributed by atoms with Gasteiger partial charge in [-0.1, -0.05) is 49.6 Å². The van der Waals surface area contributed by atoms with Crippen LogP contribution in [0.1, 0.15) is 43.7 Å². The Morgan fingerprint density at radius 2 is 1.79 bits per heavy atom. The van der Waals surface area contributed by atoms with Crippen molar-refractivity contribution in [3.05, 3.63) is 66.5 Å². The van der Waals surface area contributed by atoms with Crippen molar-refractivity contribution < 1.29 is 14.6 Å². The number of amides is 1. The van der Waals surface area contributed by atoms with Gasteiger partial charge in [0.15, 0.2) is 5.65 Å². The molecule has 0 atom stereocenters. The third kappa shape index (κ3) is 5.19. The maximum Gasteiger partial charge on any atom is 0.402 e. The van der Waals surface area contributed by atoms with Gasteiger partial charge in [0.25, 0.3) is 0 Å². The van der Waals surface area contributed by atoms with Gasteiger partial charge in [-0.15, -0.1) is 0 Å². The summed E-state index contributed by atoms with van der Waals surface area (Å²) < 4.78 is 8.08. The minimum atomic E-state index is -1.33. The second-order valence-corrected chi connectivity index (χ2v) is 9.31. The Bertz CT molecular complexity index is 1590. The molecular formula is C28H29N7O3. The summed E-state index contributed by atoms with van der Waals surface area (Å²) in [5.74, 6) is 1.77. The van der Waals surface area contributed by atoms with E-state index in [9.17, 15) is 0 Å². The Labute approximate surface area is 219 Å². The number of fused-ring (bicyclic) bond motifs is 2. The number of nitrogens with two attached hydrogens (primary N) is 2. The van der Waals surface area contributed by atoms with Gasteiger partial charge >= 0.3 is 6.09 Å². The molecule has 0 radical (unpaired) electrons. The summed E-state index contributed by atoms with van der Waals surface area (Å²) in [6, 6.07) is 18.2. The highest BCUT2D eigenvalue weighted by Crippen LogP contribution is 2.37. The van der Waals surface area contributed by atoms with E-state index < -0.39 is 6.09 Å². The number of anilines is 1. The lowest BCUT2D eigenvalue weighted by molar-refractivity contribution is 0.205. The normalized spacial score (nSPS) is 13.7. The molecule has 2 aromatic carbocycles. The molecule has 1 aliphatic rings. The first-order chi connectivity index (χ1) is 18.4. The first kappa shape index (κ1) is 24.9. The fourth-order valence-corrected chi connectivity index (χ4v) is 4.96. The lowest BCUT2D eigenvalue weighted by atomic mass is 9.96. The molecule has 0 aliphatic heterocycles. The number of hydrogen-bond donors (Lipinski definition) is 3. The van der Waals surface area contributed by atoms with Gasteiger partial charge in [-0.25, -0.2) is 24.4 Å². The Morgan fingerprint density at radius 3 is 2.53 bits per heavy atom. The molecule has 5 N–H and O–H groups in total. The Balaban J connectivity index is 0.000000689. The predicted octanol–water partition coefficient (Wildman–Crippen LogP) is 5.85. The van der Waals surface area contributed by atoms with Crippen LogP contribution in [-0.2, 0) is 0 Å². The van der Waals surface area contributed by atoms with Gasteiger partial charge in [0, 0.05) is 17.0 Å². The molecule has 1 aliphatic carbocycles. The predicted molar refractivity (Wildman–Crippen MR) is 146 cm³/mol. The van der Waals surface area contributed by atoms with Gasteiger partial charge in [0.05, 0.1) is 16.9 Å². The zero-order valence-electron chi connectivity index (χ0n) is 21.0. The minimum Gasteiger partial charge on any atom is -0.465 e. The number of rotatable bonds is 4. The van der Waals surface area contributed by atoms with Gasteiger partial charge < -0.3 is 21.3 Å². The van der Waals surface area contributed by atoms with Gasteiger partial charge in [-0.05, 0) is 43.5 Å². The van der Waals surface area contributed by atoms with E-state index in [1.807, 2.05) is 36.4 Å². The van der Waals surface area contributed by atoms with Crippen LogP contribution in [0.25, 0.3) is 33.2 Å². The molecule has 3 heterocycles. The molecule has 0 spiro atoms. The number of pyridine rings is 1. The largest absolute Gasteiger partial charge is 0.465 e. The van der Waals surface area contributed by atoms with E-state index in [4.69, 9.17) is 30.5 Å². The van der Waals surface area contributed by atoms with Crippen molar-refractivity contribution in [1.82, 2.24) is 24.7 Å². The first-order valence-corrected chi connectivity index (χ1v) is 12.5. The van der Waals surface area contributed by atoms with Gasteiger partial charge in [-0.2, -0.15) is 5.10 Å². The zero-order chi connectivity index (χ0) is 26.6. The molecule has 1 fully saturated rings. The van der Waals surface area contributed by atoms with E-state index in [1.165, 1.54) is 25.6 Å². The molecule has 194 valence electrons. The van der Waals surface area contributed by atoms with Crippen molar-refractivity contribution in [2.75, 3.05) is 5.73 Å². The quantitative estimate of drug-likeness (QED) is 0.271. The third-order valence-corrected chi connectivity index (χ3v) is 6.67. The Morgan fingerprint density at radius 1 is 1.05 bits per heavy atom. The van der Waals surface area contributed by atoms with Crippen LogP contribution in [0.5, 0.6) is 11.6 Å². The number of hydrogen-bond acceptors (Lipinski definition) is 7. The summed E-state index contributed by atoms with van der Waals surface area (Å²) in [6.45, 7) is 2.07. The number of nitrogens with zero attached hydrogens (tertiary/aromatic N) is 5. The number of para-hydroxylation sites is 1. The van der Waals surface area contributed by atoms with E-state index in [0.717, 1.165) is 57.3 Å². The number of primary amides is 1. The average molecular weight is 512 g/mol. The number of nitrogen functional groups attached to an aromatic ring is 1. The molecule has 3 aromatic heterocycles. The summed E-state index contributed by atoms with van der Waals surface area (Å²) in [5, 5.41) is 14.1. The van der Waals surface area contributed by atoms with Gasteiger partial charge in [-0.3, -0.25) is 0 Å². The van der Waals surface area contributed by atoms with Crippen molar-refractivity contribution in [2.45, 2.75) is 45.1 Å². The van der Waals surface area contributed by atoms with Crippen LogP contribution < -0.4 is 16.2 Å². The lowest BCUT2D eigenvalue weighted by Crippen LogP contribution is -2.14. The van der Waals surface area contributed by atoms with Crippen molar-refractivity contribution in [2.24, 2.45) is 5.73 Å². The van der Waals surface area contributed by atoms with Crippen LogP contribution in [0, 0.1) is 6.92 Å². The van der Waals surface area contributed by atoms with Crippen LogP contribution >= 0.6 is 0 Å². The van der Waals surface area contributed by atoms with Crippen LogP contribution in [0.3, 0.4) is 0 Å². The Hall–Kier alpha value is -4.73. The number of aryl methyl sites for hydroxylation is 1. The summed E-state index contributed by atoms with van der Waals surface area (Å²) in [4.78, 5) is 22.4. The molecule has 38 heavy (non-hydrogen) atoms. The van der Waals surface area contributed by atoms with Crippen LogP contribution in [0.2, 0.25) is 0 Å². The molecule has 10 nitrogen and oxygen atoms in total. The first-order valence-electron chi connectivity index (χ1n) is 12.5. The van der Waals surface area contributed by atoms with Crippen LogP contribution in [-0.4, -0.2) is 35.9 Å². The van der Waals surface area contributed by atoms with Crippen LogP contribution in [0.15, 0.2) is 60.9 Å². The summed E-state index contributed by atoms with van der Waals surface area (Å²) >= 11 is 0. The third-order valence-electron chi connectivity index (χ3n) is 6.67. The summed E-state index contributed by atoms with van der Waals surface area (Å²) in [6.07, 6.45) is 6.12. The maximum absolute atomic E-state index is 8.78. The molecule has 0 saturated heterocycles. The highest BCUT2D eigenvalue weighted by molar-refractivity contribution is 6.00. The highest BCUT2D eigenvalue weighted by atomic mass is 16.5. The minimum absolute atomic E-state index is 0.339. The van der Waals surface area contributed by atoms with Crippen molar-refractivity contribution in [3.8, 4) is 22.9 Å². The SMILES string of the molecule is Cc1cc(Oc2ccccc2)nc2cc(-c3nn(C4CCCCC4)c4ncnc(N)c34)ccc12.NC(=O)O. The number of aromatic nitrogens is 5. The number of carboxylic acid groups (broad SMARTS) is 1. The van der Waals surface area contributed by atoms with E-state index in [1.54, 1.807) is 0 Å². The topological polar surface area (TPSA) is 155 Å². The van der Waals surface area contributed by atoms with Crippen molar-refractivity contribution >= 4 is 33.8 Å². The monoisotopic (exact) mass is 511 g/mol. The van der Waals surface area contributed by atoms with E-state index in [2.05, 4.69) is 45.5 Å². The molecule has 0 bridgehead atoms. The standard InChI is InChI=1S/C27H26N6O.CH3NO2/c1-17-14-23(34-20-10-6-3-7-11-20)31-22-15-18(12-13-21(17)22)25-24-26(28)29-16-30-27(24)33(32-25)19-8-4-2-5-9-19;2-1(3)4/h3,6-7,10-16,19H,2,4-5,8-9H2,1H3,(H2,28,29,30);2H2,(H,3,4). The maximum atomic E-state index is 8.78. The molecular weight excluding hydrogens is 482 g/mol. The fourth-order valence-electron chi connectivity index (χ4n) is 4.96. The molecule has 1 amide bonds. The van der Waals surface area contributed by atoms with E-state index >= 15 is 0 Å². The highest BCUT2D eigenvalue weighted by Gasteiger charge is 2.24. The summed E-state index contributed by atoms with van der Waals surface area (Å²) in [5.41, 5.74) is 14.9. The smallest absolute Gasteiger partial charge is 0.402 e. The molecule has 5 aromatic rings. The second kappa shape index (κ2) is 10.7. The fraction of sp³-hybridized carbons (Fsp3) is 0.250. The second-order valence-electron chi connectivity index (χ2n) is 9.31.